The third kappa shape index (κ3) is 0.0643. The third-order valence-corrected chi connectivity index (χ3v) is 83.5. The van der Waals surface area contributed by atoms with Crippen molar-refractivity contribution in [2.24, 2.45) is 5.73 Å². The summed E-state index contributed by atoms with van der Waals surface area (Å²) < 4.78 is 12.3. The van der Waals surface area contributed by atoms with Crippen molar-refractivity contribution in [3.63, 3.8) is 0 Å². The van der Waals surface area contributed by atoms with Crippen molar-refractivity contribution < 1.29 is 17.6 Å². The van der Waals surface area contributed by atoms with Crippen molar-refractivity contribution in [1.29, 1.82) is 0 Å². The Kier molecular flexibility index (Phi) is 0.192. The van der Waals surface area contributed by atoms with Gasteiger partial charge in [0.1, 0.15) is 0 Å². The molecule has 10 fully saturated rings. The van der Waals surface area contributed by atoms with Crippen molar-refractivity contribution in [3.05, 3.63) is 0 Å². The number of carbonyl (C=O) groups is 1. The molecule has 92 valence electrons. The van der Waals surface area contributed by atoms with Crippen molar-refractivity contribution in [3.8, 4) is 0 Å². The topological polar surface area (TPSA) is 63.3 Å². The molecule has 3 N–H and O–H groups in total. The minimum absolute atomic E-state index is 0.528. The van der Waals surface area contributed by atoms with Crippen molar-refractivity contribution in [2.75, 3.05) is 0 Å². The summed E-state index contributed by atoms with van der Waals surface area (Å²) in [6.07, 6.45) is 0.934. The first-order valence-electron chi connectivity index (χ1n) is 7.07. The van der Waals surface area contributed by atoms with Crippen molar-refractivity contribution in [1.82, 2.24) is 0 Å². The molecule has 0 aromatic carbocycles. The molecule has 0 aromatic heterocycles. The monoisotopic (exact) mass is 319 g/mol. The predicted octanol–water partition coefficient (Wildman–Crippen LogP) is 2.55. The maximum absolute atomic E-state index is 11.1. The Hall–Kier alpha value is 0.0534. The zero-order valence-electron chi connectivity index (χ0n) is 9.27. The fourth-order valence-electron chi connectivity index (χ4n) is 17.6. The summed E-state index contributed by atoms with van der Waals surface area (Å²) in [6, 6.07) is -0.528. The minimum atomic E-state index is -3.28. The molecule has 0 aromatic rings. The standard InChI is InChI=1S/C8H10NO2.C5H5.Ru/c9-7(8(10)11)5-6-3-1-2-4-6;1-2-4-5-3-1;/h1-4,7H,5,9H2,(H,10,11);1-5H;. The third-order valence-electron chi connectivity index (χ3n) is 15.8. The van der Waals surface area contributed by atoms with Gasteiger partial charge in [0.15, 0.2) is 0 Å². The van der Waals surface area contributed by atoms with E-state index in [-0.39, 0.29) is 0 Å². The van der Waals surface area contributed by atoms with E-state index in [1.165, 1.54) is 40.6 Å². The van der Waals surface area contributed by atoms with Gasteiger partial charge in [-0.15, -0.1) is 0 Å². The summed E-state index contributed by atoms with van der Waals surface area (Å²) in [4.78, 5) is 11.1. The van der Waals surface area contributed by atoms with Gasteiger partial charge in [-0.25, -0.2) is 0 Å². The molecule has 1 spiro atoms. The van der Waals surface area contributed by atoms with Crippen LogP contribution in [0.1, 0.15) is 6.42 Å². The molecule has 10 heterocycles. The van der Waals surface area contributed by atoms with Crippen LogP contribution in [0.5, 0.6) is 0 Å². The first kappa shape index (κ1) is 6.47. The number of rotatable bonds is 3. The molecule has 0 aliphatic carbocycles. The molecule has 5 unspecified atom stereocenters. The van der Waals surface area contributed by atoms with E-state index in [2.05, 4.69) is 0 Å². The van der Waals surface area contributed by atoms with E-state index >= 15 is 0 Å². The van der Waals surface area contributed by atoms with Gasteiger partial charge < -0.3 is 0 Å². The van der Waals surface area contributed by atoms with Crippen LogP contribution in [-0.4, -0.2) is 17.1 Å². The number of fused-ring (bicyclic) bond motifs is 10. The number of aliphatic carboxylic acids is 1. The molecule has 0 bridgehead atoms. The summed E-state index contributed by atoms with van der Waals surface area (Å²) >= 11 is 0. The molecule has 10 saturated heterocycles. The molecule has 0 saturated carbocycles. The Morgan fingerprint density at radius 2 is 1.59 bits per heavy atom. The normalized spacial score (nSPS) is 121. The van der Waals surface area contributed by atoms with Gasteiger partial charge >= 0.3 is 86.4 Å². The average Bonchev–Trinajstić information content (AvgIpc) is 3.23. The van der Waals surface area contributed by atoms with E-state index in [9.17, 15) is 9.90 Å². The second kappa shape index (κ2) is 0.503. The van der Waals surface area contributed by atoms with Gasteiger partial charge in [-0.2, -0.15) is 0 Å². The van der Waals surface area contributed by atoms with Crippen molar-refractivity contribution in [2.45, 2.75) is 57.1 Å². The molecule has 3 nitrogen and oxygen atoms in total. The van der Waals surface area contributed by atoms with Gasteiger partial charge in [-0.3, -0.25) is 0 Å². The van der Waals surface area contributed by atoms with Crippen LogP contribution in [0, 0.1) is 0 Å². The number of hydrogen-bond donors (Lipinski definition) is 2. The summed E-state index contributed by atoms with van der Waals surface area (Å²) in [5.74, 6) is -0.732. The number of hydrogen-bond acceptors (Lipinski definition) is 2. The van der Waals surface area contributed by atoms with Gasteiger partial charge in [0.05, 0.1) is 0 Å². The fourth-order valence-corrected chi connectivity index (χ4v) is 152. The second-order valence-corrected chi connectivity index (χ2v) is 48.2. The van der Waals surface area contributed by atoms with Crippen LogP contribution in [0.25, 0.3) is 0 Å². The Balaban J connectivity index is 1.48. The van der Waals surface area contributed by atoms with Crippen LogP contribution in [0.2, 0.25) is 44.6 Å². The zero-order valence-corrected chi connectivity index (χ0v) is 11.0. The van der Waals surface area contributed by atoms with Crippen LogP contribution >= 0.6 is 0 Å². The van der Waals surface area contributed by atoms with Crippen LogP contribution < -0.4 is 5.73 Å². The number of nitrogens with two attached hydrogens (primary N) is 1. The Morgan fingerprint density at radius 3 is 1.82 bits per heavy atom. The molecule has 10 rings (SSSR count). The van der Waals surface area contributed by atoms with E-state index in [0.29, 0.717) is 4.01 Å². The second-order valence-electron chi connectivity index (χ2n) is 11.0. The van der Waals surface area contributed by atoms with Crippen LogP contribution in [0.15, 0.2) is 0 Å². The Bertz CT molecular complexity index is 916. The fraction of sp³-hybridized carbons (Fsp3) is 0.923. The first-order valence-corrected chi connectivity index (χ1v) is 17.0. The SMILES string of the molecule is NC(C[C]12[CH]3[CH]4[CH]5[CH]1[Ru]45321678[CH]2[CH]1[CH]6[CH]7[CH]28)C(=O)O. The van der Waals surface area contributed by atoms with Gasteiger partial charge in [0, 0.05) is 0 Å². The van der Waals surface area contributed by atoms with Crippen molar-refractivity contribution >= 4 is 5.97 Å². The van der Waals surface area contributed by atoms with Gasteiger partial charge in [-0.05, 0) is 0 Å². The Morgan fingerprint density at radius 1 is 1.12 bits per heavy atom. The van der Waals surface area contributed by atoms with Gasteiger partial charge in [0.2, 0.25) is 0 Å². The molecule has 4 heteroatoms. The number of carboxylic acids is 1. The molecular formula is C13H15NO2Ru. The molecule has 17 heavy (non-hydrogen) atoms. The van der Waals surface area contributed by atoms with E-state index in [0.717, 1.165) is 6.42 Å². The quantitative estimate of drug-likeness (QED) is 0.786. The van der Waals surface area contributed by atoms with Crippen LogP contribution in [0.4, 0.5) is 0 Å². The molecule has 10 aliphatic rings. The summed E-state index contributed by atoms with van der Waals surface area (Å²) in [5.41, 5.74) is 5.95. The summed E-state index contributed by atoms with van der Waals surface area (Å²) in [5, 5.41) is 9.17. The van der Waals surface area contributed by atoms with E-state index in [1.54, 1.807) is 0 Å². The van der Waals surface area contributed by atoms with Crippen LogP contribution in [0.3, 0.4) is 0 Å². The summed E-state index contributed by atoms with van der Waals surface area (Å²) in [6.45, 7) is 0. The molecule has 10 aliphatic heterocycles. The average molecular weight is 318 g/mol. The molecular weight excluding hydrogens is 303 g/mol. The molecule has 5 atom stereocenters. The van der Waals surface area contributed by atoms with E-state index in [4.69, 9.17) is 5.73 Å². The van der Waals surface area contributed by atoms with Gasteiger partial charge in [-0.1, -0.05) is 0 Å². The number of carboxylic acid groups (broad SMARTS) is 1. The molecule has 0 amide bonds. The first-order chi connectivity index (χ1) is 7.87. The van der Waals surface area contributed by atoms with E-state index in [1.807, 2.05) is 0 Å². The summed E-state index contributed by atoms with van der Waals surface area (Å²) in [7, 11) is -3.28. The molecule has 0 radical (unpaired) electrons. The zero-order chi connectivity index (χ0) is 10.9. The van der Waals surface area contributed by atoms with Gasteiger partial charge in [0.25, 0.3) is 0 Å². The predicted molar refractivity (Wildman–Crippen MR) is 56.7 cm³/mol. The Labute approximate surface area is 86.4 Å². The van der Waals surface area contributed by atoms with Crippen LogP contribution in [-0.2, 0) is 12.5 Å². The van der Waals surface area contributed by atoms with E-state index < -0.39 is 19.7 Å². The maximum atomic E-state index is 11.1.